The van der Waals surface area contributed by atoms with Gasteiger partial charge < -0.3 is 15.0 Å². The maximum atomic E-state index is 14.1. The van der Waals surface area contributed by atoms with E-state index in [9.17, 15) is 9.59 Å². The predicted octanol–water partition coefficient (Wildman–Crippen LogP) is 5.28. The Morgan fingerprint density at radius 3 is 2.32 bits per heavy atom. The molecule has 0 bridgehead atoms. The van der Waals surface area contributed by atoms with Gasteiger partial charge in [0.15, 0.2) is 0 Å². The van der Waals surface area contributed by atoms with Crippen LogP contribution in [0.3, 0.4) is 0 Å². The largest absolute Gasteiger partial charge is 0.489 e. The number of urea groups is 1. The van der Waals surface area contributed by atoms with E-state index in [4.69, 9.17) is 4.74 Å². The highest BCUT2D eigenvalue weighted by molar-refractivity contribution is 6.01. The lowest BCUT2D eigenvalue weighted by molar-refractivity contribution is -0.128. The van der Waals surface area contributed by atoms with Crippen molar-refractivity contribution in [1.29, 1.82) is 0 Å². The van der Waals surface area contributed by atoms with E-state index in [2.05, 4.69) is 41.1 Å². The third-order valence-corrected chi connectivity index (χ3v) is 8.25. The van der Waals surface area contributed by atoms with Gasteiger partial charge in [-0.2, -0.15) is 0 Å². The minimum absolute atomic E-state index is 0.0104. The molecule has 0 saturated carbocycles. The molecule has 0 radical (unpaired) electrons. The van der Waals surface area contributed by atoms with Crippen molar-refractivity contribution >= 4 is 11.9 Å². The van der Waals surface area contributed by atoms with Crippen molar-refractivity contribution in [3.63, 3.8) is 0 Å². The average molecular weight is 549 g/mol. The quantitative estimate of drug-likeness (QED) is 0.370. The number of nitrogens with one attached hydrogen (secondary N) is 1. The second-order valence-electron chi connectivity index (χ2n) is 10.9. The summed E-state index contributed by atoms with van der Waals surface area (Å²) in [6, 6.07) is 27.6. The first-order valence-electron chi connectivity index (χ1n) is 14.4. The van der Waals surface area contributed by atoms with Gasteiger partial charge >= 0.3 is 6.03 Å². The Balaban J connectivity index is 1.19. The smallest absolute Gasteiger partial charge is 0.322 e. The van der Waals surface area contributed by atoms with Crippen molar-refractivity contribution in [3.8, 4) is 5.75 Å². The summed E-state index contributed by atoms with van der Waals surface area (Å²) in [4.78, 5) is 33.5. The highest BCUT2D eigenvalue weighted by Gasteiger charge is 2.46. The summed E-state index contributed by atoms with van der Waals surface area (Å²) in [5.74, 6) is 0.709. The Bertz CT molecular complexity index is 1430. The number of carbonyl (C=O) groups excluding carboxylic acids is 2. The molecule has 1 unspecified atom stereocenters. The molecule has 6 rings (SSSR count). The van der Waals surface area contributed by atoms with Crippen LogP contribution < -0.4 is 10.1 Å². The first-order valence-corrected chi connectivity index (χ1v) is 14.4. The highest BCUT2D eigenvalue weighted by Crippen LogP contribution is 2.39. The van der Waals surface area contributed by atoms with Gasteiger partial charge in [0.2, 0.25) is 0 Å². The normalized spacial score (nSPS) is 19.8. The molecule has 0 aromatic heterocycles. The van der Waals surface area contributed by atoms with Crippen molar-refractivity contribution in [2.75, 3.05) is 26.2 Å². The summed E-state index contributed by atoms with van der Waals surface area (Å²) in [6.07, 6.45) is 3.53. The Morgan fingerprint density at radius 2 is 1.61 bits per heavy atom. The highest BCUT2D eigenvalue weighted by atomic mass is 16.5. The Labute approximate surface area is 241 Å². The summed E-state index contributed by atoms with van der Waals surface area (Å²) < 4.78 is 6.06. The molecular weight excluding hydrogens is 512 g/mol. The zero-order valence-electron chi connectivity index (χ0n) is 23.2. The van der Waals surface area contributed by atoms with Gasteiger partial charge in [0.25, 0.3) is 5.91 Å². The number of benzene rings is 3. The van der Waals surface area contributed by atoms with Gasteiger partial charge in [-0.05, 0) is 41.7 Å². The van der Waals surface area contributed by atoms with Crippen LogP contribution in [-0.4, -0.2) is 58.9 Å². The summed E-state index contributed by atoms with van der Waals surface area (Å²) >= 11 is 0. The molecule has 3 aromatic carbocycles. The Morgan fingerprint density at radius 1 is 0.902 bits per heavy atom. The third-order valence-electron chi connectivity index (χ3n) is 8.25. The molecule has 3 aromatic rings. The van der Waals surface area contributed by atoms with E-state index in [1.165, 1.54) is 5.56 Å². The molecule has 1 N–H and O–H groups in total. The molecular formula is C34H36N4O3. The van der Waals surface area contributed by atoms with Crippen molar-refractivity contribution in [2.24, 2.45) is 0 Å². The zero-order valence-corrected chi connectivity index (χ0v) is 23.2. The Kier molecular flexibility index (Phi) is 7.87. The fraction of sp³-hybridized carbons (Fsp3) is 0.294. The molecule has 1 saturated heterocycles. The van der Waals surface area contributed by atoms with Crippen molar-refractivity contribution in [2.45, 2.75) is 38.1 Å². The van der Waals surface area contributed by atoms with E-state index in [1.54, 1.807) is 11.0 Å². The summed E-state index contributed by atoms with van der Waals surface area (Å²) in [7, 11) is 0. The molecule has 41 heavy (non-hydrogen) atoms. The van der Waals surface area contributed by atoms with E-state index < -0.39 is 6.04 Å². The minimum atomic E-state index is -0.533. The van der Waals surface area contributed by atoms with Gasteiger partial charge in [-0.15, -0.1) is 6.58 Å². The van der Waals surface area contributed by atoms with Crippen LogP contribution in [0, 0.1) is 0 Å². The van der Waals surface area contributed by atoms with E-state index >= 15 is 0 Å². The number of likely N-dealkylation sites (tertiary alicyclic amines) is 1. The lowest BCUT2D eigenvalue weighted by Crippen LogP contribution is -2.47. The second-order valence-corrected chi connectivity index (χ2v) is 10.9. The molecule has 1 atom stereocenters. The van der Waals surface area contributed by atoms with Gasteiger partial charge in [0.05, 0.1) is 23.9 Å². The number of rotatable bonds is 9. The lowest BCUT2D eigenvalue weighted by Gasteiger charge is -2.37. The summed E-state index contributed by atoms with van der Waals surface area (Å²) in [6.45, 7) is 7.88. The standard InChI is InChI=1S/C34H36N4O3/c1-2-18-37-30-23-38(28-16-19-36(20-17-28)22-25-10-5-3-6-11-25)33(39)31(30)32(35-34(37)40)27-14-9-15-29(21-27)41-24-26-12-7-4-8-13-26/h2-15,21,28,32H,1,16-20,22-24H2,(H,35,40). The maximum absolute atomic E-state index is 14.1. The van der Waals surface area contributed by atoms with E-state index in [1.807, 2.05) is 65.6 Å². The molecule has 210 valence electrons. The zero-order chi connectivity index (χ0) is 28.2. The number of ether oxygens (including phenoxy) is 1. The molecule has 7 nitrogen and oxygen atoms in total. The van der Waals surface area contributed by atoms with Crippen LogP contribution in [0.5, 0.6) is 5.75 Å². The van der Waals surface area contributed by atoms with Crippen molar-refractivity contribution in [3.05, 3.63) is 126 Å². The fourth-order valence-electron chi connectivity index (χ4n) is 6.14. The number of hydrogen-bond acceptors (Lipinski definition) is 4. The summed E-state index contributed by atoms with van der Waals surface area (Å²) in [5.41, 5.74) is 4.65. The molecule has 7 heteroatoms. The molecule has 3 aliphatic heterocycles. The molecule has 3 aliphatic rings. The van der Waals surface area contributed by atoms with Crippen LogP contribution in [-0.2, 0) is 17.9 Å². The lowest BCUT2D eigenvalue weighted by atomic mass is 9.95. The molecule has 3 heterocycles. The van der Waals surface area contributed by atoms with Crippen LogP contribution in [0.15, 0.2) is 109 Å². The molecule has 3 amide bonds. The van der Waals surface area contributed by atoms with Gasteiger partial charge in [0.1, 0.15) is 12.4 Å². The number of hydrogen-bond donors (Lipinski definition) is 1. The van der Waals surface area contributed by atoms with Gasteiger partial charge in [-0.1, -0.05) is 78.9 Å². The van der Waals surface area contributed by atoms with E-state index in [0.29, 0.717) is 31.0 Å². The minimum Gasteiger partial charge on any atom is -0.489 e. The van der Waals surface area contributed by atoms with Crippen LogP contribution >= 0.6 is 0 Å². The SMILES string of the molecule is C=CCN1C(=O)NC(c2cccc(OCc3ccccc3)c2)C2=C1CN(C1CCN(Cc3ccccc3)CC1)C2=O. The first-order chi connectivity index (χ1) is 20.1. The molecule has 0 aliphatic carbocycles. The van der Waals surface area contributed by atoms with E-state index in [-0.39, 0.29) is 18.0 Å². The molecule has 0 spiro atoms. The van der Waals surface area contributed by atoms with Gasteiger partial charge in [-0.3, -0.25) is 14.6 Å². The fourth-order valence-corrected chi connectivity index (χ4v) is 6.14. The number of piperidine rings is 1. The maximum Gasteiger partial charge on any atom is 0.322 e. The van der Waals surface area contributed by atoms with E-state index in [0.717, 1.165) is 49.3 Å². The van der Waals surface area contributed by atoms with Crippen LogP contribution in [0.25, 0.3) is 0 Å². The number of nitrogens with zero attached hydrogens (tertiary/aromatic N) is 3. The third kappa shape index (κ3) is 5.77. The number of amides is 3. The predicted molar refractivity (Wildman–Crippen MR) is 159 cm³/mol. The van der Waals surface area contributed by atoms with Gasteiger partial charge in [-0.25, -0.2) is 4.79 Å². The monoisotopic (exact) mass is 548 g/mol. The number of carbonyl (C=O) groups is 2. The van der Waals surface area contributed by atoms with Crippen LogP contribution in [0.2, 0.25) is 0 Å². The van der Waals surface area contributed by atoms with Crippen LogP contribution in [0.4, 0.5) is 4.79 Å². The van der Waals surface area contributed by atoms with Crippen molar-refractivity contribution in [1.82, 2.24) is 20.0 Å². The average Bonchev–Trinajstić information content (AvgIpc) is 3.36. The summed E-state index contributed by atoms with van der Waals surface area (Å²) in [5, 5.41) is 3.10. The molecule has 1 fully saturated rings. The van der Waals surface area contributed by atoms with Crippen molar-refractivity contribution < 1.29 is 14.3 Å². The topological polar surface area (TPSA) is 65.1 Å². The van der Waals surface area contributed by atoms with Gasteiger partial charge in [0, 0.05) is 32.2 Å². The Hall–Kier alpha value is -4.36. The second kappa shape index (κ2) is 12.0. The van der Waals surface area contributed by atoms with Crippen LogP contribution in [0.1, 0.15) is 35.6 Å². The first kappa shape index (κ1) is 26.8.